The summed E-state index contributed by atoms with van der Waals surface area (Å²) in [5.74, 6) is -0.382. The number of methoxy groups -OCH3 is 1. The Hall–Kier alpha value is -3.37. The molecule has 2 N–H and O–H groups in total. The van der Waals surface area contributed by atoms with Crippen LogP contribution in [0.3, 0.4) is 0 Å². The Labute approximate surface area is 229 Å². The van der Waals surface area contributed by atoms with Gasteiger partial charge in [0.1, 0.15) is 17.3 Å². The molecule has 6 nitrogen and oxygen atoms in total. The summed E-state index contributed by atoms with van der Waals surface area (Å²) in [5, 5.41) is 5.87. The molecule has 0 saturated carbocycles. The number of hydrogen-bond acceptors (Lipinski definition) is 5. The van der Waals surface area contributed by atoms with E-state index in [1.54, 1.807) is 31.3 Å². The van der Waals surface area contributed by atoms with Crippen molar-refractivity contribution in [3.05, 3.63) is 76.7 Å². The van der Waals surface area contributed by atoms with Crippen LogP contribution in [0.25, 0.3) is 11.3 Å². The smallest absolute Gasteiger partial charge is 0.416 e. The molecule has 0 radical (unpaired) electrons. The standard InChI is InChI=1S/C28H29ClF4N4O2/c1-34-11-12-35-26(38)27(19-16-22(30)25(36-17-19)20-5-3-4-6-24(20)39-2)9-13-37(14-10-27)23-8-7-18(15-21(23)29)28(31,32)33/h3-8,15-17,34H,9-14H2,1-2H3,(H,35,38). The Bertz CT molecular complexity index is 1330. The largest absolute Gasteiger partial charge is 0.496 e. The number of likely N-dealkylation sites (N-methyl/N-ethyl adjacent to an activating group) is 1. The third kappa shape index (κ3) is 5.96. The molecule has 0 unspecified atom stereocenters. The highest BCUT2D eigenvalue weighted by molar-refractivity contribution is 6.33. The number of carbonyl (C=O) groups excluding carboxylic acids is 1. The minimum atomic E-state index is -4.50. The molecular weight excluding hydrogens is 536 g/mol. The molecule has 1 aromatic heterocycles. The molecule has 0 bridgehead atoms. The van der Waals surface area contributed by atoms with Crippen molar-refractivity contribution in [2.24, 2.45) is 0 Å². The monoisotopic (exact) mass is 564 g/mol. The van der Waals surface area contributed by atoms with E-state index >= 15 is 4.39 Å². The summed E-state index contributed by atoms with van der Waals surface area (Å²) in [4.78, 5) is 19.8. The van der Waals surface area contributed by atoms with Gasteiger partial charge >= 0.3 is 6.18 Å². The van der Waals surface area contributed by atoms with Gasteiger partial charge < -0.3 is 20.3 Å². The van der Waals surface area contributed by atoms with E-state index in [9.17, 15) is 18.0 Å². The molecule has 1 aliphatic heterocycles. The lowest BCUT2D eigenvalue weighted by molar-refractivity contribution is -0.137. The van der Waals surface area contributed by atoms with Gasteiger partial charge in [0.15, 0.2) is 0 Å². The highest BCUT2D eigenvalue weighted by Crippen LogP contribution is 2.41. The Morgan fingerprint density at radius 3 is 2.46 bits per heavy atom. The molecule has 1 fully saturated rings. The van der Waals surface area contributed by atoms with Gasteiger partial charge in [0, 0.05) is 37.9 Å². The van der Waals surface area contributed by atoms with Crippen molar-refractivity contribution in [3.8, 4) is 17.0 Å². The predicted octanol–water partition coefficient (Wildman–Crippen LogP) is 5.44. The number of aromatic nitrogens is 1. The number of anilines is 1. The zero-order chi connectivity index (χ0) is 28.2. The van der Waals surface area contributed by atoms with E-state index < -0.39 is 23.0 Å². The molecule has 1 amide bonds. The van der Waals surface area contributed by atoms with E-state index in [0.29, 0.717) is 48.7 Å². The minimum absolute atomic E-state index is 0.0235. The van der Waals surface area contributed by atoms with Gasteiger partial charge in [-0.05, 0) is 61.9 Å². The molecule has 2 aromatic carbocycles. The Balaban J connectivity index is 1.65. The molecule has 39 heavy (non-hydrogen) atoms. The number of piperidine rings is 1. The van der Waals surface area contributed by atoms with Crippen LogP contribution in [0.2, 0.25) is 5.02 Å². The summed E-state index contributed by atoms with van der Waals surface area (Å²) in [6.45, 7) is 1.57. The highest BCUT2D eigenvalue weighted by atomic mass is 35.5. The third-order valence-electron chi connectivity index (χ3n) is 7.08. The maximum atomic E-state index is 15.5. The van der Waals surface area contributed by atoms with Crippen LogP contribution in [0.4, 0.5) is 23.2 Å². The molecule has 208 valence electrons. The van der Waals surface area contributed by atoms with Crippen molar-refractivity contribution in [2.75, 3.05) is 45.2 Å². The zero-order valence-corrected chi connectivity index (χ0v) is 22.3. The van der Waals surface area contributed by atoms with Gasteiger partial charge in [0.2, 0.25) is 5.91 Å². The van der Waals surface area contributed by atoms with Crippen LogP contribution in [-0.2, 0) is 16.4 Å². The van der Waals surface area contributed by atoms with Gasteiger partial charge in [-0.2, -0.15) is 13.2 Å². The number of pyridine rings is 1. The summed E-state index contributed by atoms with van der Waals surface area (Å²) in [6, 6.07) is 11.5. The minimum Gasteiger partial charge on any atom is -0.496 e. The number of nitrogens with zero attached hydrogens (tertiary/aromatic N) is 2. The summed E-state index contributed by atoms with van der Waals surface area (Å²) in [7, 11) is 3.26. The van der Waals surface area contributed by atoms with Crippen LogP contribution in [0.1, 0.15) is 24.0 Å². The van der Waals surface area contributed by atoms with E-state index in [-0.39, 0.29) is 29.5 Å². The van der Waals surface area contributed by atoms with Crippen molar-refractivity contribution in [1.82, 2.24) is 15.6 Å². The molecule has 0 atom stereocenters. The molecular formula is C28H29ClF4N4O2. The summed E-state index contributed by atoms with van der Waals surface area (Å²) in [5.41, 5.74) is -0.443. The van der Waals surface area contributed by atoms with Crippen molar-refractivity contribution >= 4 is 23.2 Å². The average Bonchev–Trinajstić information content (AvgIpc) is 2.92. The van der Waals surface area contributed by atoms with Gasteiger partial charge in [-0.15, -0.1) is 0 Å². The van der Waals surface area contributed by atoms with E-state index in [4.69, 9.17) is 16.3 Å². The quantitative estimate of drug-likeness (QED) is 0.282. The van der Waals surface area contributed by atoms with E-state index in [0.717, 1.165) is 12.1 Å². The molecule has 11 heteroatoms. The van der Waals surface area contributed by atoms with Crippen LogP contribution in [-0.4, -0.2) is 51.2 Å². The molecule has 0 aliphatic carbocycles. The first-order chi connectivity index (χ1) is 18.6. The molecule has 4 rings (SSSR count). The number of halogens is 5. The molecule has 0 spiro atoms. The van der Waals surface area contributed by atoms with Crippen LogP contribution >= 0.6 is 11.6 Å². The molecule has 1 saturated heterocycles. The van der Waals surface area contributed by atoms with Gasteiger partial charge in [-0.3, -0.25) is 9.78 Å². The van der Waals surface area contributed by atoms with Crippen molar-refractivity contribution < 1.29 is 27.1 Å². The number of amides is 1. The molecule has 2 heterocycles. The number of rotatable bonds is 8. The average molecular weight is 565 g/mol. The second-order valence-corrected chi connectivity index (χ2v) is 9.75. The van der Waals surface area contributed by atoms with Crippen molar-refractivity contribution in [3.63, 3.8) is 0 Å². The molecule has 1 aliphatic rings. The maximum Gasteiger partial charge on any atom is 0.416 e. The van der Waals surface area contributed by atoms with Crippen LogP contribution in [0, 0.1) is 5.82 Å². The fourth-order valence-electron chi connectivity index (χ4n) is 4.92. The lowest BCUT2D eigenvalue weighted by Gasteiger charge is -2.42. The number of alkyl halides is 3. The third-order valence-corrected chi connectivity index (χ3v) is 7.39. The van der Waals surface area contributed by atoms with Gasteiger partial charge in [0.25, 0.3) is 0 Å². The Morgan fingerprint density at radius 2 is 1.85 bits per heavy atom. The fraction of sp³-hybridized carbons (Fsp3) is 0.357. The number of para-hydroxylation sites is 1. The summed E-state index contributed by atoms with van der Waals surface area (Å²) < 4.78 is 60.1. The normalized spacial score (nSPS) is 15.2. The predicted molar refractivity (Wildman–Crippen MR) is 143 cm³/mol. The lowest BCUT2D eigenvalue weighted by atomic mass is 9.72. The summed E-state index contributed by atoms with van der Waals surface area (Å²) in [6.07, 6.45) is -2.42. The lowest BCUT2D eigenvalue weighted by Crippen LogP contribution is -2.52. The van der Waals surface area contributed by atoms with Gasteiger partial charge in [-0.1, -0.05) is 23.7 Å². The van der Waals surface area contributed by atoms with Crippen molar-refractivity contribution in [1.29, 1.82) is 0 Å². The Kier molecular flexibility index (Phi) is 8.66. The molecule has 3 aromatic rings. The second kappa shape index (κ2) is 11.8. The number of nitrogens with one attached hydrogen (secondary N) is 2. The van der Waals surface area contributed by atoms with Crippen molar-refractivity contribution in [2.45, 2.75) is 24.4 Å². The SMILES string of the molecule is CNCCNC(=O)C1(c2cnc(-c3ccccc3OC)c(F)c2)CCN(c2ccc(C(F)(F)F)cc2Cl)CC1. The maximum absolute atomic E-state index is 15.5. The first-order valence-electron chi connectivity index (χ1n) is 12.4. The first kappa shape index (κ1) is 28.6. The van der Waals surface area contributed by atoms with Crippen LogP contribution in [0.5, 0.6) is 5.75 Å². The van der Waals surface area contributed by atoms with E-state index in [2.05, 4.69) is 15.6 Å². The number of benzene rings is 2. The van der Waals surface area contributed by atoms with Crippen LogP contribution < -0.4 is 20.3 Å². The number of hydrogen-bond donors (Lipinski definition) is 2. The van der Waals surface area contributed by atoms with Gasteiger partial charge in [0.05, 0.1) is 28.8 Å². The van der Waals surface area contributed by atoms with Crippen LogP contribution in [0.15, 0.2) is 54.7 Å². The summed E-state index contributed by atoms with van der Waals surface area (Å²) >= 11 is 6.23. The zero-order valence-electron chi connectivity index (χ0n) is 21.5. The second-order valence-electron chi connectivity index (χ2n) is 9.35. The highest BCUT2D eigenvalue weighted by Gasteiger charge is 2.44. The topological polar surface area (TPSA) is 66.5 Å². The Morgan fingerprint density at radius 1 is 1.13 bits per heavy atom. The van der Waals surface area contributed by atoms with E-state index in [1.807, 2.05) is 4.90 Å². The fourth-order valence-corrected chi connectivity index (χ4v) is 5.22. The number of carbonyl (C=O) groups is 1. The number of ether oxygens (including phenoxy) is 1. The van der Waals surface area contributed by atoms with E-state index in [1.165, 1.54) is 25.4 Å². The first-order valence-corrected chi connectivity index (χ1v) is 12.8. The van der Waals surface area contributed by atoms with Gasteiger partial charge in [-0.25, -0.2) is 4.39 Å².